The Morgan fingerprint density at radius 1 is 1.31 bits per heavy atom. The van der Waals surface area contributed by atoms with Crippen LogP contribution in [-0.2, 0) is 16.1 Å². The van der Waals surface area contributed by atoms with Crippen molar-refractivity contribution in [3.05, 3.63) is 52.7 Å². The van der Waals surface area contributed by atoms with Crippen LogP contribution in [0.4, 0.5) is 0 Å². The van der Waals surface area contributed by atoms with E-state index in [-0.39, 0.29) is 24.1 Å². The number of hydrogen-bond donors (Lipinski definition) is 1. The predicted molar refractivity (Wildman–Crippen MR) is 109 cm³/mol. The SMILES string of the molecule is CC(C)c1ccc(-n2ncc3c(=O)n(CC(=O)NCC4CCCO4)cnc32)cc1. The summed E-state index contributed by atoms with van der Waals surface area (Å²) in [6.45, 7) is 5.40. The standard InChI is InChI=1S/C21H25N5O3/c1-14(2)15-5-7-16(8-6-15)26-20-18(11-24-26)21(28)25(13-23-20)12-19(27)22-10-17-4-3-9-29-17/h5-8,11,13-14,17H,3-4,9-10,12H2,1-2H3,(H,22,27). The summed E-state index contributed by atoms with van der Waals surface area (Å²) in [5.41, 5.74) is 2.26. The summed E-state index contributed by atoms with van der Waals surface area (Å²) >= 11 is 0. The topological polar surface area (TPSA) is 91.0 Å². The number of amides is 1. The Bertz CT molecular complexity index is 1060. The molecule has 1 amide bonds. The van der Waals surface area contributed by atoms with E-state index in [1.807, 2.05) is 24.3 Å². The predicted octanol–water partition coefficient (Wildman–Crippen LogP) is 2.00. The van der Waals surface area contributed by atoms with Crippen LogP contribution < -0.4 is 10.9 Å². The Kier molecular flexibility index (Phi) is 5.44. The van der Waals surface area contributed by atoms with Crippen molar-refractivity contribution in [3.8, 4) is 5.69 Å². The summed E-state index contributed by atoms with van der Waals surface area (Å²) in [5, 5.41) is 7.54. The Morgan fingerprint density at radius 3 is 2.79 bits per heavy atom. The van der Waals surface area contributed by atoms with Crippen LogP contribution in [0.2, 0.25) is 0 Å². The first-order valence-corrected chi connectivity index (χ1v) is 9.94. The summed E-state index contributed by atoms with van der Waals surface area (Å²) in [7, 11) is 0. The van der Waals surface area contributed by atoms with Gasteiger partial charge in [-0.25, -0.2) is 9.67 Å². The van der Waals surface area contributed by atoms with Crippen LogP contribution in [0.15, 0.2) is 41.6 Å². The van der Waals surface area contributed by atoms with Gasteiger partial charge in [0.25, 0.3) is 5.56 Å². The molecule has 4 rings (SSSR count). The molecule has 0 bridgehead atoms. The molecule has 1 aliphatic rings. The van der Waals surface area contributed by atoms with Crippen molar-refractivity contribution in [1.82, 2.24) is 24.6 Å². The van der Waals surface area contributed by atoms with Crippen molar-refractivity contribution >= 4 is 16.9 Å². The molecule has 1 unspecified atom stereocenters. The van der Waals surface area contributed by atoms with Crippen LogP contribution >= 0.6 is 0 Å². The van der Waals surface area contributed by atoms with E-state index in [0.29, 0.717) is 23.5 Å². The zero-order valence-corrected chi connectivity index (χ0v) is 16.7. The lowest BCUT2D eigenvalue weighted by atomic mass is 10.0. The second kappa shape index (κ2) is 8.16. The average Bonchev–Trinajstić information content (AvgIpc) is 3.38. The Morgan fingerprint density at radius 2 is 2.10 bits per heavy atom. The van der Waals surface area contributed by atoms with E-state index in [2.05, 4.69) is 29.2 Å². The highest BCUT2D eigenvalue weighted by atomic mass is 16.5. The van der Waals surface area contributed by atoms with E-state index in [4.69, 9.17) is 4.74 Å². The minimum absolute atomic E-state index is 0.0663. The average molecular weight is 395 g/mol. The first-order valence-electron chi connectivity index (χ1n) is 9.94. The molecule has 1 saturated heterocycles. The molecule has 1 N–H and O–H groups in total. The normalized spacial score (nSPS) is 16.6. The summed E-state index contributed by atoms with van der Waals surface area (Å²) in [6, 6.07) is 8.03. The molecule has 0 spiro atoms. The molecule has 1 fully saturated rings. The van der Waals surface area contributed by atoms with Gasteiger partial charge in [-0.15, -0.1) is 0 Å². The lowest BCUT2D eigenvalue weighted by Gasteiger charge is -2.11. The molecule has 1 aliphatic heterocycles. The zero-order chi connectivity index (χ0) is 20.4. The molecule has 1 aromatic carbocycles. The van der Waals surface area contributed by atoms with Crippen LogP contribution in [0.25, 0.3) is 16.7 Å². The van der Waals surface area contributed by atoms with Gasteiger partial charge in [0.1, 0.15) is 18.3 Å². The maximum atomic E-state index is 12.8. The van der Waals surface area contributed by atoms with Gasteiger partial charge in [0.2, 0.25) is 5.91 Å². The third-order valence-electron chi connectivity index (χ3n) is 5.22. The molecule has 2 aromatic heterocycles. The van der Waals surface area contributed by atoms with Gasteiger partial charge in [0.05, 0.1) is 18.0 Å². The highest BCUT2D eigenvalue weighted by molar-refractivity contribution is 5.77. The van der Waals surface area contributed by atoms with Crippen molar-refractivity contribution < 1.29 is 9.53 Å². The maximum Gasteiger partial charge on any atom is 0.264 e. The molecule has 1 atom stereocenters. The molecule has 29 heavy (non-hydrogen) atoms. The highest BCUT2D eigenvalue weighted by Crippen LogP contribution is 2.18. The van der Waals surface area contributed by atoms with Gasteiger partial charge in [-0.2, -0.15) is 5.10 Å². The number of hydrogen-bond acceptors (Lipinski definition) is 5. The first kappa shape index (κ1) is 19.3. The van der Waals surface area contributed by atoms with Crippen LogP contribution in [0.5, 0.6) is 0 Å². The van der Waals surface area contributed by atoms with Crippen LogP contribution in [-0.4, -0.2) is 44.5 Å². The number of carbonyl (C=O) groups excluding carboxylic acids is 1. The number of carbonyl (C=O) groups is 1. The van der Waals surface area contributed by atoms with Crippen LogP contribution in [0.1, 0.15) is 38.2 Å². The maximum absolute atomic E-state index is 12.8. The quantitative estimate of drug-likeness (QED) is 0.689. The van der Waals surface area contributed by atoms with Crippen molar-refractivity contribution in [2.45, 2.75) is 45.3 Å². The fraction of sp³-hybridized carbons (Fsp3) is 0.429. The van der Waals surface area contributed by atoms with E-state index in [1.165, 1.54) is 22.7 Å². The second-order valence-corrected chi connectivity index (χ2v) is 7.66. The third-order valence-corrected chi connectivity index (χ3v) is 5.22. The lowest BCUT2D eigenvalue weighted by Crippen LogP contribution is -2.36. The number of nitrogens with one attached hydrogen (secondary N) is 1. The molecule has 3 heterocycles. The molecular weight excluding hydrogens is 370 g/mol. The summed E-state index contributed by atoms with van der Waals surface area (Å²) in [6.07, 6.45) is 4.94. The van der Waals surface area contributed by atoms with E-state index in [0.717, 1.165) is 25.1 Å². The molecule has 8 nitrogen and oxygen atoms in total. The van der Waals surface area contributed by atoms with Crippen LogP contribution in [0.3, 0.4) is 0 Å². The Labute approximate surface area is 168 Å². The number of aromatic nitrogens is 4. The van der Waals surface area contributed by atoms with Crippen molar-refractivity contribution in [3.63, 3.8) is 0 Å². The number of fused-ring (bicyclic) bond motifs is 1. The fourth-order valence-corrected chi connectivity index (χ4v) is 3.49. The molecule has 0 radical (unpaired) electrons. The zero-order valence-electron chi connectivity index (χ0n) is 16.7. The molecule has 3 aromatic rings. The van der Waals surface area contributed by atoms with Crippen molar-refractivity contribution in [2.75, 3.05) is 13.2 Å². The Balaban J connectivity index is 1.52. The molecular formula is C21H25N5O3. The van der Waals surface area contributed by atoms with E-state index in [9.17, 15) is 9.59 Å². The van der Waals surface area contributed by atoms with Crippen molar-refractivity contribution in [2.24, 2.45) is 0 Å². The monoisotopic (exact) mass is 395 g/mol. The minimum atomic E-state index is -0.285. The number of ether oxygens (including phenoxy) is 1. The van der Waals surface area contributed by atoms with Gasteiger partial charge in [0, 0.05) is 13.2 Å². The first-order chi connectivity index (χ1) is 14.0. The van der Waals surface area contributed by atoms with Gasteiger partial charge in [-0.3, -0.25) is 14.2 Å². The van der Waals surface area contributed by atoms with E-state index >= 15 is 0 Å². The minimum Gasteiger partial charge on any atom is -0.376 e. The molecule has 0 aliphatic carbocycles. The Hall–Kier alpha value is -3.00. The fourth-order valence-electron chi connectivity index (χ4n) is 3.49. The lowest BCUT2D eigenvalue weighted by molar-refractivity contribution is -0.122. The number of nitrogens with zero attached hydrogens (tertiary/aromatic N) is 4. The highest BCUT2D eigenvalue weighted by Gasteiger charge is 2.17. The molecule has 8 heteroatoms. The van der Waals surface area contributed by atoms with Gasteiger partial charge in [0.15, 0.2) is 5.65 Å². The third kappa shape index (κ3) is 4.07. The molecule has 0 saturated carbocycles. The van der Waals surface area contributed by atoms with Gasteiger partial charge < -0.3 is 10.1 Å². The summed E-state index contributed by atoms with van der Waals surface area (Å²) < 4.78 is 8.44. The van der Waals surface area contributed by atoms with Gasteiger partial charge in [-0.05, 0) is 36.5 Å². The van der Waals surface area contributed by atoms with Gasteiger partial charge >= 0.3 is 0 Å². The summed E-state index contributed by atoms with van der Waals surface area (Å²) in [5.74, 6) is 0.204. The number of benzene rings is 1. The van der Waals surface area contributed by atoms with E-state index in [1.54, 1.807) is 4.68 Å². The van der Waals surface area contributed by atoms with Crippen molar-refractivity contribution in [1.29, 1.82) is 0 Å². The van der Waals surface area contributed by atoms with Crippen LogP contribution in [0, 0.1) is 0 Å². The largest absolute Gasteiger partial charge is 0.376 e. The smallest absolute Gasteiger partial charge is 0.264 e. The van der Waals surface area contributed by atoms with Gasteiger partial charge in [-0.1, -0.05) is 26.0 Å². The van der Waals surface area contributed by atoms with E-state index < -0.39 is 0 Å². The second-order valence-electron chi connectivity index (χ2n) is 7.66. The summed E-state index contributed by atoms with van der Waals surface area (Å²) in [4.78, 5) is 29.4. The number of rotatable bonds is 6. The molecule has 152 valence electrons.